The van der Waals surface area contributed by atoms with Gasteiger partial charge in [-0.05, 0) is 0 Å². The molecule has 0 aromatic carbocycles. The van der Waals surface area contributed by atoms with E-state index < -0.39 is 11.9 Å². The van der Waals surface area contributed by atoms with Crippen molar-refractivity contribution in [1.29, 1.82) is 0 Å². The average Bonchev–Trinajstić information content (AvgIpc) is 2.88. The van der Waals surface area contributed by atoms with E-state index in [1.54, 1.807) is 0 Å². The van der Waals surface area contributed by atoms with Crippen LogP contribution in [-0.4, -0.2) is 36.2 Å². The Morgan fingerprint density at radius 3 is 2.56 bits per heavy atom. The second kappa shape index (κ2) is 2.95. The molecule has 2 bridgehead atoms. The zero-order valence-corrected chi connectivity index (χ0v) is 8.54. The Hall–Kier alpha value is -1.62. The van der Waals surface area contributed by atoms with Crippen molar-refractivity contribution in [3.8, 4) is 0 Å². The van der Waals surface area contributed by atoms with Crippen LogP contribution in [0.3, 0.4) is 0 Å². The van der Waals surface area contributed by atoms with E-state index in [4.69, 9.17) is 14.6 Å². The van der Waals surface area contributed by atoms with Crippen molar-refractivity contribution < 1.29 is 24.2 Å². The van der Waals surface area contributed by atoms with Gasteiger partial charge < -0.3 is 14.6 Å². The smallest absolute Gasteiger partial charge is 0.342 e. The first-order chi connectivity index (χ1) is 7.65. The molecule has 3 rings (SSSR count). The summed E-state index contributed by atoms with van der Waals surface area (Å²) in [5, 5.41) is 9.01. The molecule has 4 unspecified atom stereocenters. The number of methoxy groups -OCH3 is 1. The zero-order valence-electron chi connectivity index (χ0n) is 8.54. The van der Waals surface area contributed by atoms with Crippen LogP contribution in [0.25, 0.3) is 0 Å². The van der Waals surface area contributed by atoms with Crippen molar-refractivity contribution in [3.63, 3.8) is 0 Å². The number of carbonyl (C=O) groups excluding carboxylic acids is 1. The molecule has 0 spiro atoms. The molecule has 5 nitrogen and oxygen atoms in total. The van der Waals surface area contributed by atoms with Crippen molar-refractivity contribution in [2.45, 2.75) is 12.2 Å². The van der Waals surface area contributed by atoms with E-state index in [1.807, 2.05) is 12.2 Å². The number of Topliss-reactive ketones (excluding diaryl/α,β-unsaturated/α-hetero) is 1. The predicted molar refractivity (Wildman–Crippen MR) is 51.5 cm³/mol. The summed E-state index contributed by atoms with van der Waals surface area (Å²) in [5.74, 6) is -1.98. The number of rotatable bonds is 2. The number of ether oxygens (including phenoxy) is 2. The molecule has 0 aromatic heterocycles. The highest BCUT2D eigenvalue weighted by Gasteiger charge is 2.58. The number of fused-ring (bicyclic) bond motifs is 5. The highest BCUT2D eigenvalue weighted by Crippen LogP contribution is 2.49. The molecule has 0 amide bonds. The van der Waals surface area contributed by atoms with Gasteiger partial charge in [-0.25, -0.2) is 4.79 Å². The molecule has 16 heavy (non-hydrogen) atoms. The first-order valence-electron chi connectivity index (χ1n) is 5.04. The molecule has 1 N–H and O–H groups in total. The van der Waals surface area contributed by atoms with Gasteiger partial charge in [0.2, 0.25) is 0 Å². The van der Waals surface area contributed by atoms with Crippen LogP contribution in [-0.2, 0) is 19.1 Å². The van der Waals surface area contributed by atoms with Gasteiger partial charge in [0, 0.05) is 0 Å². The number of aliphatic carboxylic acids is 1. The summed E-state index contributed by atoms with van der Waals surface area (Å²) in [6, 6.07) is 0. The maximum atomic E-state index is 12.0. The number of ketones is 1. The second-order valence-electron chi connectivity index (χ2n) is 4.11. The van der Waals surface area contributed by atoms with E-state index in [0.29, 0.717) is 0 Å². The summed E-state index contributed by atoms with van der Waals surface area (Å²) >= 11 is 0. The molecule has 2 aliphatic heterocycles. The SMILES string of the molecule is COC1=C(C(=O)O)C(=O)C2C3C=CC(O3)C12. The Balaban J connectivity index is 2.10. The van der Waals surface area contributed by atoms with Crippen LogP contribution in [0.4, 0.5) is 0 Å². The summed E-state index contributed by atoms with van der Waals surface area (Å²) in [6.45, 7) is 0. The molecule has 84 valence electrons. The van der Waals surface area contributed by atoms with Crippen molar-refractivity contribution in [2.24, 2.45) is 11.8 Å². The minimum Gasteiger partial charge on any atom is -0.500 e. The highest BCUT2D eigenvalue weighted by molar-refractivity contribution is 6.20. The Labute approximate surface area is 91.3 Å². The number of carboxylic acids is 1. The van der Waals surface area contributed by atoms with Gasteiger partial charge in [-0.3, -0.25) is 4.79 Å². The molecule has 4 atom stereocenters. The van der Waals surface area contributed by atoms with E-state index >= 15 is 0 Å². The van der Waals surface area contributed by atoms with Crippen LogP contribution in [0.1, 0.15) is 0 Å². The lowest BCUT2D eigenvalue weighted by atomic mass is 9.84. The molecular formula is C11H10O5. The van der Waals surface area contributed by atoms with Crippen LogP contribution in [0.2, 0.25) is 0 Å². The third kappa shape index (κ3) is 0.936. The third-order valence-electron chi connectivity index (χ3n) is 3.43. The highest BCUT2D eigenvalue weighted by atomic mass is 16.5. The molecule has 3 aliphatic rings. The molecule has 0 aromatic rings. The van der Waals surface area contributed by atoms with Gasteiger partial charge in [-0.15, -0.1) is 0 Å². The lowest BCUT2D eigenvalue weighted by Gasteiger charge is -2.17. The van der Waals surface area contributed by atoms with E-state index in [1.165, 1.54) is 7.11 Å². The van der Waals surface area contributed by atoms with E-state index in [0.717, 1.165) is 0 Å². The largest absolute Gasteiger partial charge is 0.500 e. The zero-order chi connectivity index (χ0) is 11.4. The van der Waals surface area contributed by atoms with Gasteiger partial charge in [0.15, 0.2) is 5.78 Å². The Morgan fingerprint density at radius 1 is 1.38 bits per heavy atom. The topological polar surface area (TPSA) is 72.8 Å². The van der Waals surface area contributed by atoms with E-state index in [9.17, 15) is 9.59 Å². The molecule has 1 fully saturated rings. The van der Waals surface area contributed by atoms with Crippen molar-refractivity contribution >= 4 is 11.8 Å². The number of carboxylic acid groups (broad SMARTS) is 1. The molecule has 0 saturated carbocycles. The van der Waals surface area contributed by atoms with E-state index in [2.05, 4.69) is 0 Å². The van der Waals surface area contributed by atoms with Crippen molar-refractivity contribution in [1.82, 2.24) is 0 Å². The van der Waals surface area contributed by atoms with E-state index in [-0.39, 0.29) is 35.2 Å². The molecule has 1 aliphatic carbocycles. The first-order valence-corrected chi connectivity index (χ1v) is 5.04. The standard InChI is InChI=1S/C11H10O5/c1-15-10-7-5-3-2-4(16-5)6(7)9(12)8(10)11(13)14/h2-7H,1H3,(H,13,14). The second-order valence-corrected chi connectivity index (χ2v) is 4.11. The van der Waals surface area contributed by atoms with Crippen LogP contribution in [0.15, 0.2) is 23.5 Å². The average molecular weight is 222 g/mol. The fourth-order valence-electron chi connectivity index (χ4n) is 2.84. The quantitative estimate of drug-likeness (QED) is 0.530. The Kier molecular flexibility index (Phi) is 1.77. The molecule has 2 heterocycles. The monoisotopic (exact) mass is 222 g/mol. The van der Waals surface area contributed by atoms with Crippen LogP contribution in [0, 0.1) is 11.8 Å². The summed E-state index contributed by atoms with van der Waals surface area (Å²) < 4.78 is 10.6. The van der Waals surface area contributed by atoms with Crippen molar-refractivity contribution in [3.05, 3.63) is 23.5 Å². The minimum absolute atomic E-state index is 0.209. The number of hydrogen-bond acceptors (Lipinski definition) is 4. The van der Waals surface area contributed by atoms with Crippen LogP contribution in [0.5, 0.6) is 0 Å². The summed E-state index contributed by atoms with van der Waals surface area (Å²) in [5.41, 5.74) is -0.209. The van der Waals surface area contributed by atoms with Crippen LogP contribution < -0.4 is 0 Å². The van der Waals surface area contributed by atoms with Gasteiger partial charge in [0.25, 0.3) is 0 Å². The lowest BCUT2D eigenvalue weighted by molar-refractivity contribution is -0.135. The molecular weight excluding hydrogens is 212 g/mol. The fourth-order valence-corrected chi connectivity index (χ4v) is 2.84. The Morgan fingerprint density at radius 2 is 2.00 bits per heavy atom. The van der Waals surface area contributed by atoms with Gasteiger partial charge in [-0.1, -0.05) is 12.2 Å². The minimum atomic E-state index is -1.21. The lowest BCUT2D eigenvalue weighted by Crippen LogP contribution is -2.27. The van der Waals surface area contributed by atoms with Gasteiger partial charge in [0.1, 0.15) is 11.3 Å². The predicted octanol–water partition coefficient (Wildman–Crippen LogP) is 0.124. The normalized spacial score (nSPS) is 39.4. The number of carbonyl (C=O) groups is 2. The molecule has 0 radical (unpaired) electrons. The Bertz CT molecular complexity index is 447. The van der Waals surface area contributed by atoms with Gasteiger partial charge in [0.05, 0.1) is 31.2 Å². The fraction of sp³-hybridized carbons (Fsp3) is 0.455. The molecule has 1 saturated heterocycles. The van der Waals surface area contributed by atoms with Gasteiger partial charge >= 0.3 is 5.97 Å². The summed E-state index contributed by atoms with van der Waals surface area (Å²) in [7, 11) is 1.39. The maximum Gasteiger partial charge on any atom is 0.342 e. The summed E-state index contributed by atoms with van der Waals surface area (Å²) in [4.78, 5) is 23.0. The first kappa shape index (κ1) is 9.59. The van der Waals surface area contributed by atoms with Gasteiger partial charge in [-0.2, -0.15) is 0 Å². The molecule has 5 heteroatoms. The number of hydrogen-bond donors (Lipinski definition) is 1. The van der Waals surface area contributed by atoms with Crippen molar-refractivity contribution in [2.75, 3.05) is 7.11 Å². The maximum absolute atomic E-state index is 12.0. The third-order valence-corrected chi connectivity index (χ3v) is 3.43. The summed E-state index contributed by atoms with van der Waals surface area (Å²) in [6.07, 6.45) is 3.18. The van der Waals surface area contributed by atoms with Crippen LogP contribution >= 0.6 is 0 Å².